The Labute approximate surface area is 91.4 Å². The third-order valence-corrected chi connectivity index (χ3v) is 3.82. The fraction of sp³-hybridized carbons (Fsp3) is 0. The summed E-state index contributed by atoms with van der Waals surface area (Å²) < 4.78 is 0. The van der Waals surface area contributed by atoms with E-state index in [1.165, 1.54) is 21.7 Å². The Hall–Kier alpha value is -1.39. The van der Waals surface area contributed by atoms with E-state index in [1.807, 2.05) is 0 Å². The minimum atomic E-state index is 0.769. The molecule has 0 N–H and O–H groups in total. The maximum Gasteiger partial charge on any atom is -0.0226 e. The molecule has 15 heavy (non-hydrogen) atoms. The minimum absolute atomic E-state index is 0.769. The zero-order valence-electron chi connectivity index (χ0n) is 8.27. The summed E-state index contributed by atoms with van der Waals surface area (Å²) in [4.78, 5) is 0. The lowest BCUT2D eigenvalue weighted by Gasteiger charge is -2.01. The van der Waals surface area contributed by atoms with Crippen molar-refractivity contribution in [1.29, 1.82) is 0 Å². The van der Waals surface area contributed by atoms with Crippen molar-refractivity contribution in [3.63, 3.8) is 0 Å². The van der Waals surface area contributed by atoms with Gasteiger partial charge in [0.1, 0.15) is 0 Å². The molecule has 6 rings (SSSR count). The van der Waals surface area contributed by atoms with Crippen LogP contribution in [0.2, 0.25) is 0 Å². The number of benzene rings is 2. The second kappa shape index (κ2) is 3.64. The fourth-order valence-corrected chi connectivity index (χ4v) is 2.71. The average Bonchev–Trinajstić information content (AvgIpc) is 2.39. The molecule has 2 aromatic carbocycles. The van der Waals surface area contributed by atoms with Crippen LogP contribution in [0, 0.1) is 0 Å². The molecule has 0 fully saturated rings. The highest BCUT2D eigenvalue weighted by molar-refractivity contribution is 7.55. The maximum absolute atomic E-state index is 2.22. The molecule has 1 heteroatoms. The van der Waals surface area contributed by atoms with Gasteiger partial charge in [0, 0.05) is 0 Å². The standard InChI is InChI=1S/C14H11P/c1-2-12-5-9-14(10-6-12)15-13-7-3-11(1)4-8-13/h1-10,15H/b2-1+. The molecule has 0 spiro atoms. The van der Waals surface area contributed by atoms with Crippen LogP contribution >= 0.6 is 8.58 Å². The summed E-state index contributed by atoms with van der Waals surface area (Å²) in [6.07, 6.45) is 4.32. The van der Waals surface area contributed by atoms with Crippen LogP contribution in [-0.4, -0.2) is 0 Å². The van der Waals surface area contributed by atoms with Gasteiger partial charge in [-0.05, 0) is 21.7 Å². The lowest BCUT2D eigenvalue weighted by Crippen LogP contribution is -2.02. The molecule has 4 heterocycles. The first kappa shape index (κ1) is 8.88. The van der Waals surface area contributed by atoms with E-state index in [1.54, 1.807) is 0 Å². The van der Waals surface area contributed by atoms with E-state index < -0.39 is 0 Å². The third kappa shape index (κ3) is 1.86. The van der Waals surface area contributed by atoms with E-state index in [-0.39, 0.29) is 0 Å². The van der Waals surface area contributed by atoms with Crippen molar-refractivity contribution in [2.24, 2.45) is 0 Å². The Morgan fingerprint density at radius 3 is 1.33 bits per heavy atom. The molecule has 4 bridgehead atoms. The molecule has 0 unspecified atom stereocenters. The van der Waals surface area contributed by atoms with E-state index in [0.29, 0.717) is 0 Å². The smallest absolute Gasteiger partial charge is 0.0226 e. The Bertz CT molecular complexity index is 444. The van der Waals surface area contributed by atoms with E-state index in [9.17, 15) is 0 Å². The van der Waals surface area contributed by atoms with Crippen molar-refractivity contribution in [2.45, 2.75) is 0 Å². The molecule has 0 saturated carbocycles. The van der Waals surface area contributed by atoms with Crippen LogP contribution in [0.1, 0.15) is 11.1 Å². The Balaban J connectivity index is 2.20. The zero-order valence-corrected chi connectivity index (χ0v) is 9.27. The maximum atomic E-state index is 2.22. The fourth-order valence-electron chi connectivity index (χ4n) is 1.71. The summed E-state index contributed by atoms with van der Waals surface area (Å²) in [6, 6.07) is 17.6. The van der Waals surface area contributed by atoms with Crippen LogP contribution < -0.4 is 10.6 Å². The van der Waals surface area contributed by atoms with Gasteiger partial charge in [0.2, 0.25) is 0 Å². The van der Waals surface area contributed by atoms with Gasteiger partial charge >= 0.3 is 0 Å². The van der Waals surface area contributed by atoms with Crippen molar-refractivity contribution >= 4 is 31.3 Å². The minimum Gasteiger partial charge on any atom is -0.0591 e. The average molecular weight is 210 g/mol. The van der Waals surface area contributed by atoms with Gasteiger partial charge < -0.3 is 0 Å². The molecule has 72 valence electrons. The van der Waals surface area contributed by atoms with E-state index in [2.05, 4.69) is 60.7 Å². The lowest BCUT2D eigenvalue weighted by molar-refractivity contribution is 1.70. The molecule has 4 aliphatic heterocycles. The molecule has 0 aromatic heterocycles. The van der Waals surface area contributed by atoms with Gasteiger partial charge in [-0.25, -0.2) is 0 Å². The normalized spacial score (nSPS) is 14.9. The monoisotopic (exact) mass is 210 g/mol. The van der Waals surface area contributed by atoms with E-state index in [0.717, 1.165) is 8.58 Å². The summed E-state index contributed by atoms with van der Waals surface area (Å²) in [5, 5.41) is 2.81. The van der Waals surface area contributed by atoms with Crippen molar-refractivity contribution in [3.8, 4) is 0 Å². The highest BCUT2D eigenvalue weighted by Gasteiger charge is 1.98. The van der Waals surface area contributed by atoms with Crippen LogP contribution in [-0.2, 0) is 0 Å². The van der Waals surface area contributed by atoms with Gasteiger partial charge in [0.25, 0.3) is 0 Å². The van der Waals surface area contributed by atoms with Gasteiger partial charge in [-0.2, -0.15) is 0 Å². The van der Waals surface area contributed by atoms with Crippen molar-refractivity contribution < 1.29 is 0 Å². The number of hydrogen-bond donors (Lipinski definition) is 0. The lowest BCUT2D eigenvalue weighted by atomic mass is 10.1. The first-order chi connectivity index (χ1) is 7.40. The van der Waals surface area contributed by atoms with Gasteiger partial charge in [-0.15, -0.1) is 0 Å². The van der Waals surface area contributed by atoms with Crippen LogP contribution in [0.15, 0.2) is 48.5 Å². The van der Waals surface area contributed by atoms with Crippen molar-refractivity contribution in [2.75, 3.05) is 0 Å². The molecule has 2 aromatic rings. The quantitative estimate of drug-likeness (QED) is 0.500. The molecular weight excluding hydrogens is 199 g/mol. The molecule has 0 nitrogen and oxygen atoms in total. The van der Waals surface area contributed by atoms with E-state index in [4.69, 9.17) is 0 Å². The Morgan fingerprint density at radius 1 is 0.533 bits per heavy atom. The highest BCUT2D eigenvalue weighted by Crippen LogP contribution is 2.15. The van der Waals surface area contributed by atoms with Crippen LogP contribution in [0.5, 0.6) is 0 Å². The van der Waals surface area contributed by atoms with Crippen molar-refractivity contribution in [1.82, 2.24) is 0 Å². The number of hydrogen-bond acceptors (Lipinski definition) is 0. The molecule has 0 radical (unpaired) electrons. The topological polar surface area (TPSA) is 0 Å². The first-order valence-corrected chi connectivity index (χ1v) is 6.05. The van der Waals surface area contributed by atoms with Crippen LogP contribution in [0.3, 0.4) is 0 Å². The molecule has 0 atom stereocenters. The predicted octanol–water partition coefficient (Wildman–Crippen LogP) is 2.80. The second-order valence-electron chi connectivity index (χ2n) is 3.70. The first-order valence-electron chi connectivity index (χ1n) is 5.05. The summed E-state index contributed by atoms with van der Waals surface area (Å²) in [5.74, 6) is 0. The number of rotatable bonds is 0. The zero-order chi connectivity index (χ0) is 10.1. The SMILES string of the molecule is C1=C/c2ccc(cc2)Pc2ccc/1cc2. The Kier molecular flexibility index (Phi) is 2.16. The van der Waals surface area contributed by atoms with Crippen LogP contribution in [0.25, 0.3) is 12.2 Å². The molecular formula is C14H11P. The predicted molar refractivity (Wildman–Crippen MR) is 69.4 cm³/mol. The third-order valence-electron chi connectivity index (χ3n) is 2.58. The van der Waals surface area contributed by atoms with Crippen molar-refractivity contribution in [3.05, 3.63) is 59.7 Å². The van der Waals surface area contributed by atoms with Gasteiger partial charge in [-0.1, -0.05) is 69.3 Å². The van der Waals surface area contributed by atoms with Gasteiger partial charge in [0.05, 0.1) is 0 Å². The summed E-state index contributed by atoms with van der Waals surface area (Å²) in [6.45, 7) is 0. The second-order valence-corrected chi connectivity index (χ2v) is 5.11. The van der Waals surface area contributed by atoms with Gasteiger partial charge in [0.15, 0.2) is 0 Å². The Morgan fingerprint density at radius 2 is 0.933 bits per heavy atom. The summed E-state index contributed by atoms with van der Waals surface area (Å²) in [7, 11) is 0.769. The van der Waals surface area contributed by atoms with Gasteiger partial charge in [-0.3, -0.25) is 0 Å². The molecule has 0 amide bonds. The summed E-state index contributed by atoms with van der Waals surface area (Å²) >= 11 is 0. The largest absolute Gasteiger partial charge is 0.0591 e. The van der Waals surface area contributed by atoms with E-state index >= 15 is 0 Å². The molecule has 0 saturated heterocycles. The highest BCUT2D eigenvalue weighted by atomic mass is 31.1. The molecule has 0 aliphatic carbocycles. The molecule has 4 aliphatic rings. The van der Waals surface area contributed by atoms with Crippen LogP contribution in [0.4, 0.5) is 0 Å². The summed E-state index contributed by atoms with van der Waals surface area (Å²) in [5.41, 5.74) is 2.54.